The summed E-state index contributed by atoms with van der Waals surface area (Å²) in [4.78, 5) is 23.6. The maximum Gasteiger partial charge on any atom is 0.326 e. The number of amides is 1. The number of carboxylic acid groups (broad SMARTS) is 1. The Kier molecular flexibility index (Phi) is 4.76. The van der Waals surface area contributed by atoms with E-state index in [0.29, 0.717) is 0 Å². The summed E-state index contributed by atoms with van der Waals surface area (Å²) in [6.07, 6.45) is 8.26. The van der Waals surface area contributed by atoms with Crippen molar-refractivity contribution < 1.29 is 14.7 Å². The Morgan fingerprint density at radius 3 is 2.60 bits per heavy atom. The molecule has 20 heavy (non-hydrogen) atoms. The highest BCUT2D eigenvalue weighted by Gasteiger charge is 2.32. The van der Waals surface area contributed by atoms with Crippen LogP contribution in [0.5, 0.6) is 0 Å². The van der Waals surface area contributed by atoms with E-state index < -0.39 is 18.1 Å². The number of hydrogen-bond acceptors (Lipinski definition) is 3. The minimum atomic E-state index is -0.946. The van der Waals surface area contributed by atoms with E-state index in [1.807, 2.05) is 0 Å². The van der Waals surface area contributed by atoms with Gasteiger partial charge in [0.15, 0.2) is 0 Å². The zero-order valence-corrected chi connectivity index (χ0v) is 11.7. The zero-order valence-electron chi connectivity index (χ0n) is 11.7. The molecule has 2 rings (SSSR count). The molecule has 2 atom stereocenters. The van der Waals surface area contributed by atoms with Crippen molar-refractivity contribution in [2.45, 2.75) is 51.1 Å². The van der Waals surface area contributed by atoms with Crippen molar-refractivity contribution in [2.24, 2.45) is 5.92 Å². The van der Waals surface area contributed by atoms with Crippen molar-refractivity contribution >= 4 is 11.9 Å². The molecule has 1 aliphatic rings. The number of aromatic nitrogens is 2. The van der Waals surface area contributed by atoms with E-state index in [9.17, 15) is 14.7 Å². The summed E-state index contributed by atoms with van der Waals surface area (Å²) in [7, 11) is 0. The van der Waals surface area contributed by atoms with Crippen LogP contribution in [0, 0.1) is 5.92 Å². The Labute approximate surface area is 118 Å². The third-order valence-electron chi connectivity index (χ3n) is 3.99. The van der Waals surface area contributed by atoms with Crippen LogP contribution in [0.3, 0.4) is 0 Å². The minimum Gasteiger partial charge on any atom is -0.480 e. The fraction of sp³-hybridized carbons (Fsp3) is 0.643. The van der Waals surface area contributed by atoms with Crippen LogP contribution in [0.25, 0.3) is 0 Å². The Balaban J connectivity index is 2.00. The molecule has 0 aromatic carbocycles. The van der Waals surface area contributed by atoms with Gasteiger partial charge in [-0.25, -0.2) is 4.79 Å². The van der Waals surface area contributed by atoms with Crippen LogP contribution in [-0.4, -0.2) is 32.8 Å². The molecular formula is C14H21N3O3. The summed E-state index contributed by atoms with van der Waals surface area (Å²) in [6, 6.07) is 0.441. The molecule has 0 spiro atoms. The first-order valence-electron chi connectivity index (χ1n) is 7.12. The molecular weight excluding hydrogens is 258 g/mol. The van der Waals surface area contributed by atoms with E-state index in [1.165, 1.54) is 4.68 Å². The van der Waals surface area contributed by atoms with Gasteiger partial charge in [-0.1, -0.05) is 19.3 Å². The second-order valence-corrected chi connectivity index (χ2v) is 5.38. The van der Waals surface area contributed by atoms with E-state index in [4.69, 9.17) is 0 Å². The lowest BCUT2D eigenvalue weighted by Crippen LogP contribution is -2.48. The Morgan fingerprint density at radius 2 is 2.05 bits per heavy atom. The Bertz CT molecular complexity index is 452. The summed E-state index contributed by atoms with van der Waals surface area (Å²) in [6.45, 7) is 1.71. The number of nitrogens with one attached hydrogen (secondary N) is 1. The molecule has 1 aromatic heterocycles. The van der Waals surface area contributed by atoms with Crippen LogP contribution < -0.4 is 5.32 Å². The molecule has 0 aliphatic heterocycles. The Hall–Kier alpha value is -1.85. The summed E-state index contributed by atoms with van der Waals surface area (Å²) in [5.41, 5.74) is 0. The molecule has 2 unspecified atom stereocenters. The SMILES string of the molecule is CC(C(=O)NC(C(=O)O)C1CCCCC1)n1cccn1. The predicted molar refractivity (Wildman–Crippen MR) is 73.1 cm³/mol. The van der Waals surface area contributed by atoms with Crippen molar-refractivity contribution in [1.82, 2.24) is 15.1 Å². The van der Waals surface area contributed by atoms with E-state index in [0.717, 1.165) is 32.1 Å². The number of rotatable bonds is 5. The summed E-state index contributed by atoms with van der Waals surface area (Å²) in [5, 5.41) is 16.0. The summed E-state index contributed by atoms with van der Waals surface area (Å²) < 4.78 is 1.52. The van der Waals surface area contributed by atoms with E-state index >= 15 is 0 Å². The number of nitrogens with zero attached hydrogens (tertiary/aromatic N) is 2. The number of carbonyl (C=O) groups excluding carboxylic acids is 1. The molecule has 110 valence electrons. The first-order chi connectivity index (χ1) is 9.59. The molecule has 1 aromatic rings. The van der Waals surface area contributed by atoms with Gasteiger partial charge in [0.1, 0.15) is 12.1 Å². The highest BCUT2D eigenvalue weighted by atomic mass is 16.4. The van der Waals surface area contributed by atoms with Crippen molar-refractivity contribution in [3.05, 3.63) is 18.5 Å². The third-order valence-corrected chi connectivity index (χ3v) is 3.99. The average Bonchev–Trinajstić information content (AvgIpc) is 2.98. The van der Waals surface area contributed by atoms with Gasteiger partial charge in [-0.2, -0.15) is 5.10 Å². The molecule has 1 aliphatic carbocycles. The lowest BCUT2D eigenvalue weighted by Gasteiger charge is -2.28. The first kappa shape index (κ1) is 14.6. The molecule has 1 fully saturated rings. The van der Waals surface area contributed by atoms with Crippen LogP contribution in [0.1, 0.15) is 45.1 Å². The minimum absolute atomic E-state index is 0.0371. The van der Waals surface area contributed by atoms with Gasteiger partial charge >= 0.3 is 5.97 Å². The molecule has 1 amide bonds. The van der Waals surface area contributed by atoms with Crippen LogP contribution in [0.2, 0.25) is 0 Å². The number of carbonyl (C=O) groups is 2. The van der Waals surface area contributed by atoms with Gasteiger partial charge in [-0.3, -0.25) is 9.48 Å². The molecule has 0 radical (unpaired) electrons. The standard InChI is InChI=1S/C14H21N3O3/c1-10(17-9-5-8-15-17)13(18)16-12(14(19)20)11-6-3-2-4-7-11/h5,8-12H,2-4,6-7H2,1H3,(H,16,18)(H,19,20). The van der Waals surface area contributed by atoms with Crippen molar-refractivity contribution in [3.63, 3.8) is 0 Å². The maximum absolute atomic E-state index is 12.2. The topological polar surface area (TPSA) is 84.2 Å². The number of aliphatic carboxylic acids is 1. The molecule has 6 nitrogen and oxygen atoms in total. The molecule has 0 saturated heterocycles. The van der Waals surface area contributed by atoms with Crippen LogP contribution in [0.4, 0.5) is 0 Å². The highest BCUT2D eigenvalue weighted by Crippen LogP contribution is 2.27. The number of hydrogen-bond donors (Lipinski definition) is 2. The van der Waals surface area contributed by atoms with Gasteiger partial charge in [0, 0.05) is 12.4 Å². The molecule has 6 heteroatoms. The lowest BCUT2D eigenvalue weighted by molar-refractivity contribution is -0.144. The molecule has 2 N–H and O–H groups in total. The fourth-order valence-corrected chi connectivity index (χ4v) is 2.75. The van der Waals surface area contributed by atoms with Crippen molar-refractivity contribution in [3.8, 4) is 0 Å². The lowest BCUT2D eigenvalue weighted by atomic mass is 9.84. The van der Waals surface area contributed by atoms with Gasteiger partial charge in [-0.15, -0.1) is 0 Å². The molecule has 1 heterocycles. The van der Waals surface area contributed by atoms with E-state index in [-0.39, 0.29) is 11.8 Å². The van der Waals surface area contributed by atoms with Crippen molar-refractivity contribution in [2.75, 3.05) is 0 Å². The van der Waals surface area contributed by atoms with Crippen molar-refractivity contribution in [1.29, 1.82) is 0 Å². The van der Waals surface area contributed by atoms with Gasteiger partial charge in [0.05, 0.1) is 0 Å². The van der Waals surface area contributed by atoms with Crippen LogP contribution >= 0.6 is 0 Å². The van der Waals surface area contributed by atoms with Gasteiger partial charge < -0.3 is 10.4 Å². The maximum atomic E-state index is 12.2. The second kappa shape index (κ2) is 6.54. The van der Waals surface area contributed by atoms with Crippen LogP contribution in [0.15, 0.2) is 18.5 Å². The summed E-state index contributed by atoms with van der Waals surface area (Å²) in [5.74, 6) is -1.21. The van der Waals surface area contributed by atoms with E-state index in [1.54, 1.807) is 25.4 Å². The zero-order chi connectivity index (χ0) is 14.5. The smallest absolute Gasteiger partial charge is 0.326 e. The van der Waals surface area contributed by atoms with E-state index in [2.05, 4.69) is 10.4 Å². The highest BCUT2D eigenvalue weighted by molar-refractivity contribution is 5.85. The molecule has 0 bridgehead atoms. The second-order valence-electron chi connectivity index (χ2n) is 5.38. The molecule has 1 saturated carbocycles. The summed E-state index contributed by atoms with van der Waals surface area (Å²) >= 11 is 0. The van der Waals surface area contributed by atoms with Gasteiger partial charge in [0.25, 0.3) is 0 Å². The average molecular weight is 279 g/mol. The monoisotopic (exact) mass is 279 g/mol. The fourth-order valence-electron chi connectivity index (χ4n) is 2.75. The largest absolute Gasteiger partial charge is 0.480 e. The third kappa shape index (κ3) is 3.37. The number of carboxylic acids is 1. The normalized spacial score (nSPS) is 19.2. The van der Waals surface area contributed by atoms with Crippen LogP contribution in [-0.2, 0) is 9.59 Å². The first-order valence-corrected chi connectivity index (χ1v) is 7.12. The predicted octanol–water partition coefficient (Wildman–Crippen LogP) is 1.59. The van der Waals surface area contributed by atoms with Gasteiger partial charge in [0.2, 0.25) is 5.91 Å². The van der Waals surface area contributed by atoms with Gasteiger partial charge in [-0.05, 0) is 31.7 Å². The Morgan fingerprint density at radius 1 is 1.35 bits per heavy atom. The quantitative estimate of drug-likeness (QED) is 0.857.